The normalized spacial score (nSPS) is 11.5. The van der Waals surface area contributed by atoms with E-state index < -0.39 is 0 Å². The zero-order valence-corrected chi connectivity index (χ0v) is 12.4. The van der Waals surface area contributed by atoms with Crippen LogP contribution in [0.4, 0.5) is 5.95 Å². The molecule has 2 N–H and O–H groups in total. The third-order valence-corrected chi connectivity index (χ3v) is 4.82. The number of nitrogens with two attached hydrogens (primary N) is 1. The number of anilines is 1. The van der Waals surface area contributed by atoms with Crippen molar-refractivity contribution < 1.29 is 0 Å². The van der Waals surface area contributed by atoms with Crippen LogP contribution in [-0.2, 0) is 13.6 Å². The number of nitrogen functional groups attached to an aromatic ring is 1. The predicted octanol–water partition coefficient (Wildman–Crippen LogP) is 2.53. The second kappa shape index (κ2) is 4.10. The summed E-state index contributed by atoms with van der Waals surface area (Å²) in [6, 6.07) is 2.04. The van der Waals surface area contributed by atoms with E-state index in [1.165, 1.54) is 4.88 Å². The monoisotopic (exact) mass is 325 g/mol. The zero-order valence-electron chi connectivity index (χ0n) is 10.0. The Morgan fingerprint density at radius 3 is 2.94 bits per heavy atom. The number of aromatic nitrogens is 4. The Kier molecular flexibility index (Phi) is 2.67. The van der Waals surface area contributed by atoms with Crippen LogP contribution in [0.2, 0.25) is 0 Å². The van der Waals surface area contributed by atoms with Gasteiger partial charge in [-0.1, -0.05) is 0 Å². The molecular weight excluding hydrogens is 314 g/mol. The second-order valence-electron chi connectivity index (χ2n) is 4.13. The van der Waals surface area contributed by atoms with Gasteiger partial charge in [0.15, 0.2) is 5.65 Å². The molecule has 0 aliphatic heterocycles. The van der Waals surface area contributed by atoms with Crippen molar-refractivity contribution in [3.8, 4) is 0 Å². The van der Waals surface area contributed by atoms with Crippen molar-refractivity contribution in [1.82, 2.24) is 19.3 Å². The zero-order chi connectivity index (χ0) is 12.9. The molecule has 7 heteroatoms. The topological polar surface area (TPSA) is 61.7 Å². The van der Waals surface area contributed by atoms with Crippen LogP contribution < -0.4 is 5.73 Å². The van der Waals surface area contributed by atoms with Gasteiger partial charge in [-0.25, -0.2) is 4.98 Å². The molecule has 0 saturated heterocycles. The minimum absolute atomic E-state index is 0.529. The lowest BCUT2D eigenvalue weighted by molar-refractivity contribution is 0.728. The van der Waals surface area contributed by atoms with Crippen molar-refractivity contribution >= 4 is 44.4 Å². The van der Waals surface area contributed by atoms with Crippen LogP contribution in [0.15, 0.2) is 15.9 Å². The lowest BCUT2D eigenvalue weighted by Gasteiger charge is -2.05. The summed E-state index contributed by atoms with van der Waals surface area (Å²) in [7, 11) is 1.91. The highest BCUT2D eigenvalue weighted by Gasteiger charge is 2.16. The molecule has 0 amide bonds. The van der Waals surface area contributed by atoms with Gasteiger partial charge in [-0.3, -0.25) is 9.25 Å². The number of rotatable bonds is 2. The van der Waals surface area contributed by atoms with Crippen LogP contribution in [-0.4, -0.2) is 19.3 Å². The summed E-state index contributed by atoms with van der Waals surface area (Å²) in [5.74, 6) is 0.529. The summed E-state index contributed by atoms with van der Waals surface area (Å²) < 4.78 is 4.93. The Hall–Kier alpha value is -1.34. The molecule has 0 bridgehead atoms. The van der Waals surface area contributed by atoms with Crippen LogP contribution in [0.3, 0.4) is 0 Å². The summed E-state index contributed by atoms with van der Waals surface area (Å²) in [5, 5.41) is 6.43. The smallest absolute Gasteiger partial charge is 0.202 e. The summed E-state index contributed by atoms with van der Waals surface area (Å²) in [5.41, 5.74) is 8.75. The third kappa shape index (κ3) is 1.65. The Balaban J connectivity index is 2.17. The van der Waals surface area contributed by atoms with E-state index in [1.807, 2.05) is 29.3 Å². The van der Waals surface area contributed by atoms with Gasteiger partial charge in [-0.15, -0.1) is 11.3 Å². The maximum absolute atomic E-state index is 6.00. The first kappa shape index (κ1) is 11.7. The van der Waals surface area contributed by atoms with Gasteiger partial charge < -0.3 is 5.73 Å². The van der Waals surface area contributed by atoms with Gasteiger partial charge in [0.1, 0.15) is 5.52 Å². The van der Waals surface area contributed by atoms with Gasteiger partial charge in [0.2, 0.25) is 5.95 Å². The molecule has 3 aromatic heterocycles. The highest BCUT2D eigenvalue weighted by Crippen LogP contribution is 2.27. The van der Waals surface area contributed by atoms with E-state index in [0.29, 0.717) is 12.5 Å². The fourth-order valence-corrected chi connectivity index (χ4v) is 3.55. The molecule has 0 radical (unpaired) electrons. The largest absolute Gasteiger partial charge is 0.369 e. The average molecular weight is 326 g/mol. The molecule has 0 atom stereocenters. The molecule has 0 spiro atoms. The molecule has 18 heavy (non-hydrogen) atoms. The van der Waals surface area contributed by atoms with Crippen LogP contribution in [0.1, 0.15) is 10.6 Å². The molecule has 3 rings (SSSR count). The first-order valence-electron chi connectivity index (χ1n) is 5.45. The predicted molar refractivity (Wildman–Crippen MR) is 76.8 cm³/mol. The van der Waals surface area contributed by atoms with E-state index in [0.717, 1.165) is 21.3 Å². The maximum atomic E-state index is 6.00. The van der Waals surface area contributed by atoms with E-state index in [-0.39, 0.29) is 0 Å². The number of halogens is 1. The van der Waals surface area contributed by atoms with Crippen LogP contribution in [0.5, 0.6) is 0 Å². The van der Waals surface area contributed by atoms with Crippen molar-refractivity contribution in [2.75, 3.05) is 5.73 Å². The summed E-state index contributed by atoms with van der Waals surface area (Å²) in [6.07, 6.45) is 0. The van der Waals surface area contributed by atoms with E-state index in [1.54, 1.807) is 11.3 Å². The molecule has 3 aromatic rings. The number of thiophene rings is 1. The Labute approximate surface area is 116 Å². The fraction of sp³-hybridized carbons (Fsp3) is 0.273. The first-order valence-corrected chi connectivity index (χ1v) is 7.12. The number of fused-ring (bicyclic) bond motifs is 1. The van der Waals surface area contributed by atoms with Crippen molar-refractivity contribution in [3.63, 3.8) is 0 Å². The molecule has 0 fully saturated rings. The van der Waals surface area contributed by atoms with E-state index >= 15 is 0 Å². The van der Waals surface area contributed by atoms with Gasteiger partial charge in [0, 0.05) is 16.4 Å². The van der Waals surface area contributed by atoms with E-state index in [9.17, 15) is 0 Å². The summed E-state index contributed by atoms with van der Waals surface area (Å²) in [4.78, 5) is 5.61. The average Bonchev–Trinajstić information content (AvgIpc) is 2.92. The highest BCUT2D eigenvalue weighted by atomic mass is 79.9. The van der Waals surface area contributed by atoms with Crippen molar-refractivity contribution in [2.24, 2.45) is 7.05 Å². The molecule has 94 valence electrons. The summed E-state index contributed by atoms with van der Waals surface area (Å²) in [6.45, 7) is 2.65. The Morgan fingerprint density at radius 2 is 2.28 bits per heavy atom. The molecule has 0 aliphatic carbocycles. The molecule has 0 unspecified atom stereocenters. The molecule has 0 aromatic carbocycles. The maximum Gasteiger partial charge on any atom is 0.202 e. The van der Waals surface area contributed by atoms with Crippen molar-refractivity contribution in [2.45, 2.75) is 13.5 Å². The van der Waals surface area contributed by atoms with Gasteiger partial charge in [0.25, 0.3) is 0 Å². The molecule has 5 nitrogen and oxygen atoms in total. The van der Waals surface area contributed by atoms with Gasteiger partial charge in [-0.05, 0) is 34.3 Å². The standard InChI is InChI=1S/C11H12BrN5S/c1-6-9-10(16(2)15-6)17(11(13)14-9)5-8-7(12)3-4-18-8/h3-4H,5H2,1-2H3,(H2,13,14). The second-order valence-corrected chi connectivity index (χ2v) is 5.98. The molecule has 0 saturated carbocycles. The highest BCUT2D eigenvalue weighted by molar-refractivity contribution is 9.10. The number of nitrogens with zero attached hydrogens (tertiary/aromatic N) is 4. The third-order valence-electron chi connectivity index (χ3n) is 2.91. The first-order chi connectivity index (χ1) is 8.58. The minimum atomic E-state index is 0.529. The van der Waals surface area contributed by atoms with Crippen LogP contribution >= 0.6 is 27.3 Å². The van der Waals surface area contributed by atoms with Gasteiger partial charge in [0.05, 0.1) is 12.2 Å². The fourth-order valence-electron chi connectivity index (χ4n) is 2.09. The number of imidazole rings is 1. The lowest BCUT2D eigenvalue weighted by atomic mass is 10.4. The summed E-state index contributed by atoms with van der Waals surface area (Å²) >= 11 is 5.23. The van der Waals surface area contributed by atoms with Crippen LogP contribution in [0, 0.1) is 6.92 Å². The lowest BCUT2D eigenvalue weighted by Crippen LogP contribution is -2.07. The van der Waals surface area contributed by atoms with E-state index in [4.69, 9.17) is 5.73 Å². The minimum Gasteiger partial charge on any atom is -0.369 e. The van der Waals surface area contributed by atoms with Crippen molar-refractivity contribution in [1.29, 1.82) is 0 Å². The number of hydrogen-bond donors (Lipinski definition) is 1. The number of hydrogen-bond acceptors (Lipinski definition) is 4. The van der Waals surface area contributed by atoms with Gasteiger partial charge in [-0.2, -0.15) is 5.10 Å². The SMILES string of the molecule is Cc1nn(C)c2c1nc(N)n2Cc1sccc1Br. The Bertz CT molecular complexity index is 723. The molecule has 3 heterocycles. The molecular formula is C11H12BrN5S. The van der Waals surface area contributed by atoms with E-state index in [2.05, 4.69) is 31.4 Å². The van der Waals surface area contributed by atoms with Gasteiger partial charge >= 0.3 is 0 Å². The number of aryl methyl sites for hydroxylation is 2. The Morgan fingerprint density at radius 1 is 1.50 bits per heavy atom. The van der Waals surface area contributed by atoms with Crippen LogP contribution in [0.25, 0.3) is 11.2 Å². The van der Waals surface area contributed by atoms with Crippen molar-refractivity contribution in [3.05, 3.63) is 26.5 Å². The quantitative estimate of drug-likeness (QED) is 0.787. The molecule has 0 aliphatic rings.